The van der Waals surface area contributed by atoms with E-state index in [4.69, 9.17) is 18.9 Å². The van der Waals surface area contributed by atoms with Crippen molar-refractivity contribution in [2.75, 3.05) is 26.9 Å². The fraction of sp³-hybridized carbons (Fsp3) is 0.385. The molecule has 34 heavy (non-hydrogen) atoms. The van der Waals surface area contributed by atoms with Crippen molar-refractivity contribution < 1.29 is 23.5 Å². The Hall–Kier alpha value is -2.15. The van der Waals surface area contributed by atoms with Crippen LogP contribution in [0.2, 0.25) is 0 Å². The van der Waals surface area contributed by atoms with Gasteiger partial charge in [0.25, 0.3) is 0 Å². The number of unbranched alkanes of at least 4 members (excludes halogenated alkanes) is 2. The molecule has 8 heteroatoms. The largest absolute Gasteiger partial charge is 0.497 e. The summed E-state index contributed by atoms with van der Waals surface area (Å²) in [5, 5.41) is 5.44. The molecule has 0 amide bonds. The summed E-state index contributed by atoms with van der Waals surface area (Å²) in [5.74, 6) is 1.83. The number of methoxy groups -OCH3 is 1. The number of benzene rings is 2. The van der Waals surface area contributed by atoms with Gasteiger partial charge in [-0.1, -0.05) is 24.3 Å². The van der Waals surface area contributed by atoms with Gasteiger partial charge in [-0.25, -0.2) is 0 Å². The molecule has 1 heterocycles. The molecule has 3 rings (SSSR count). The van der Waals surface area contributed by atoms with Crippen LogP contribution in [0.3, 0.4) is 0 Å². The van der Waals surface area contributed by atoms with Crippen molar-refractivity contribution >= 4 is 19.6 Å². The molecule has 2 N–H and O–H groups in total. The summed E-state index contributed by atoms with van der Waals surface area (Å²) < 4.78 is 26.8. The average Bonchev–Trinajstić information content (AvgIpc) is 3.39. The van der Waals surface area contributed by atoms with Crippen LogP contribution in [0.15, 0.2) is 60.0 Å². The van der Waals surface area contributed by atoms with E-state index >= 15 is 0 Å². The van der Waals surface area contributed by atoms with Crippen molar-refractivity contribution in [2.45, 2.75) is 38.6 Å². The number of nitrogens with one attached hydrogen (secondary N) is 1. The summed E-state index contributed by atoms with van der Waals surface area (Å²) in [5.41, 5.74) is 3.60. The highest BCUT2D eigenvalue weighted by molar-refractivity contribution is 7.32. The SMILES string of the molecule is COc1cccc(CCCCCOc2ccc(CNCCCO[PH](=O)O)cc2-c2cccs2)c1. The second kappa shape index (κ2) is 15.0. The molecule has 0 fully saturated rings. The molecular weight excluding hydrogens is 469 g/mol. The molecule has 0 saturated heterocycles. The maximum atomic E-state index is 10.6. The maximum absolute atomic E-state index is 10.6. The first-order valence-corrected chi connectivity index (χ1v) is 13.8. The first-order chi connectivity index (χ1) is 16.7. The van der Waals surface area contributed by atoms with Gasteiger partial charge in [0.05, 0.1) is 20.3 Å². The van der Waals surface area contributed by atoms with E-state index in [1.807, 2.05) is 12.1 Å². The molecular formula is C26H34NO5PS. The van der Waals surface area contributed by atoms with Gasteiger partial charge in [-0.2, -0.15) is 0 Å². The molecule has 1 unspecified atom stereocenters. The predicted octanol–water partition coefficient (Wildman–Crippen LogP) is 6.09. The Morgan fingerprint density at radius 2 is 1.88 bits per heavy atom. The molecule has 0 saturated carbocycles. The molecule has 0 bridgehead atoms. The highest BCUT2D eigenvalue weighted by Crippen LogP contribution is 2.34. The second-order valence-electron chi connectivity index (χ2n) is 7.96. The fourth-order valence-corrected chi connectivity index (χ4v) is 4.71. The Morgan fingerprint density at radius 3 is 2.68 bits per heavy atom. The highest BCUT2D eigenvalue weighted by Gasteiger charge is 2.09. The zero-order chi connectivity index (χ0) is 24.0. The van der Waals surface area contributed by atoms with E-state index in [0.29, 0.717) is 13.0 Å². The van der Waals surface area contributed by atoms with Crippen molar-refractivity contribution in [1.82, 2.24) is 5.32 Å². The van der Waals surface area contributed by atoms with E-state index in [2.05, 4.69) is 53.2 Å². The monoisotopic (exact) mass is 503 g/mol. The standard InChI is InChI=1S/C26H34NO5PS/c1-30-23-10-5-9-21(18-23)8-3-2-4-15-31-25-13-12-22(19-24(25)26-11-6-17-34-26)20-27-14-7-16-32-33(28)29/h5-6,9-13,17-19,27,33H,2-4,7-8,14-16,20H2,1H3,(H,28,29). The molecule has 1 atom stereocenters. The third kappa shape index (κ3) is 9.24. The van der Waals surface area contributed by atoms with Gasteiger partial charge in [-0.15, -0.1) is 11.3 Å². The Bertz CT molecular complexity index is 1010. The van der Waals surface area contributed by atoms with E-state index < -0.39 is 8.25 Å². The molecule has 0 aliphatic rings. The lowest BCUT2D eigenvalue weighted by atomic mass is 10.1. The van der Waals surface area contributed by atoms with Gasteiger partial charge >= 0.3 is 8.25 Å². The molecule has 6 nitrogen and oxygen atoms in total. The van der Waals surface area contributed by atoms with E-state index in [1.54, 1.807) is 18.4 Å². The molecule has 1 aromatic heterocycles. The summed E-state index contributed by atoms with van der Waals surface area (Å²) >= 11 is 1.71. The number of hydrogen-bond acceptors (Lipinski definition) is 6. The summed E-state index contributed by atoms with van der Waals surface area (Å²) in [6, 6.07) is 18.8. The molecule has 0 radical (unpaired) electrons. The summed E-state index contributed by atoms with van der Waals surface area (Å²) in [6.07, 6.45) is 4.99. The van der Waals surface area contributed by atoms with Crippen LogP contribution in [0.4, 0.5) is 0 Å². The summed E-state index contributed by atoms with van der Waals surface area (Å²) in [7, 11) is -1.13. The van der Waals surface area contributed by atoms with Gasteiger partial charge in [-0.3, -0.25) is 4.57 Å². The van der Waals surface area contributed by atoms with Gasteiger partial charge in [0.15, 0.2) is 0 Å². The van der Waals surface area contributed by atoms with Crippen LogP contribution in [0.5, 0.6) is 11.5 Å². The minimum absolute atomic E-state index is 0.286. The highest BCUT2D eigenvalue weighted by atomic mass is 32.1. The fourth-order valence-electron chi connectivity index (χ4n) is 3.64. The number of ether oxygens (including phenoxy) is 2. The molecule has 0 aliphatic carbocycles. The Labute approximate surface area is 206 Å². The van der Waals surface area contributed by atoms with Crippen molar-refractivity contribution in [2.24, 2.45) is 0 Å². The van der Waals surface area contributed by atoms with Crippen LogP contribution in [0.1, 0.15) is 36.8 Å². The molecule has 184 valence electrons. The normalized spacial score (nSPS) is 11.9. The molecule has 0 spiro atoms. The van der Waals surface area contributed by atoms with Gasteiger partial charge in [-0.05, 0) is 85.5 Å². The first kappa shape index (κ1) is 26.5. The minimum atomic E-state index is -2.83. The minimum Gasteiger partial charge on any atom is -0.497 e. The number of aryl methyl sites for hydroxylation is 1. The maximum Gasteiger partial charge on any atom is 0.316 e. The van der Waals surface area contributed by atoms with E-state index in [0.717, 1.165) is 55.8 Å². The lowest BCUT2D eigenvalue weighted by molar-refractivity contribution is 0.276. The lowest BCUT2D eigenvalue weighted by Gasteiger charge is -2.13. The van der Waals surface area contributed by atoms with Crippen LogP contribution >= 0.6 is 19.6 Å². The molecule has 3 aromatic rings. The third-order valence-electron chi connectivity index (χ3n) is 5.38. The van der Waals surface area contributed by atoms with Crippen molar-refractivity contribution in [1.29, 1.82) is 0 Å². The van der Waals surface area contributed by atoms with Gasteiger partial charge in [0.1, 0.15) is 11.5 Å². The van der Waals surface area contributed by atoms with Gasteiger partial charge in [0.2, 0.25) is 0 Å². The zero-order valence-electron chi connectivity index (χ0n) is 19.6. The van der Waals surface area contributed by atoms with E-state index in [-0.39, 0.29) is 6.61 Å². The zero-order valence-corrected chi connectivity index (χ0v) is 21.4. The molecule has 2 aromatic carbocycles. The Balaban J connectivity index is 1.45. The second-order valence-corrected chi connectivity index (χ2v) is 9.73. The van der Waals surface area contributed by atoms with Crippen LogP contribution in [0, 0.1) is 0 Å². The quantitative estimate of drug-likeness (QED) is 0.182. The summed E-state index contributed by atoms with van der Waals surface area (Å²) in [6.45, 7) is 2.42. The third-order valence-corrected chi connectivity index (χ3v) is 6.74. The van der Waals surface area contributed by atoms with Gasteiger partial charge < -0.3 is 24.2 Å². The first-order valence-electron chi connectivity index (χ1n) is 11.6. The Morgan fingerprint density at radius 1 is 0.971 bits per heavy atom. The van der Waals surface area contributed by atoms with Crippen LogP contribution in [0.25, 0.3) is 10.4 Å². The van der Waals surface area contributed by atoms with E-state index in [1.165, 1.54) is 16.0 Å². The lowest BCUT2D eigenvalue weighted by Crippen LogP contribution is -2.16. The molecule has 0 aliphatic heterocycles. The van der Waals surface area contributed by atoms with Crippen LogP contribution in [-0.4, -0.2) is 31.8 Å². The number of thiophene rings is 1. The van der Waals surface area contributed by atoms with Crippen molar-refractivity contribution in [3.05, 3.63) is 71.1 Å². The number of rotatable bonds is 16. The topological polar surface area (TPSA) is 77.0 Å². The van der Waals surface area contributed by atoms with Crippen molar-refractivity contribution in [3.8, 4) is 21.9 Å². The van der Waals surface area contributed by atoms with Crippen LogP contribution < -0.4 is 14.8 Å². The summed E-state index contributed by atoms with van der Waals surface area (Å²) in [4.78, 5) is 9.88. The Kier molecular flexibility index (Phi) is 11.6. The van der Waals surface area contributed by atoms with Crippen LogP contribution in [-0.2, 0) is 22.1 Å². The predicted molar refractivity (Wildman–Crippen MR) is 139 cm³/mol. The number of hydrogen-bond donors (Lipinski definition) is 2. The van der Waals surface area contributed by atoms with E-state index in [9.17, 15) is 4.57 Å². The average molecular weight is 504 g/mol. The van der Waals surface area contributed by atoms with Crippen molar-refractivity contribution in [3.63, 3.8) is 0 Å². The smallest absolute Gasteiger partial charge is 0.316 e. The van der Waals surface area contributed by atoms with Gasteiger partial charge in [0, 0.05) is 17.0 Å².